The molecule has 2 N–H and O–H groups in total. The highest BCUT2D eigenvalue weighted by molar-refractivity contribution is 6.06. The molecular formula is C36H29N5O5. The molecule has 10 heteroatoms. The van der Waals surface area contributed by atoms with Crippen LogP contribution < -0.4 is 10.1 Å². The molecule has 8 rings (SSSR count). The molecule has 2 aromatic heterocycles. The van der Waals surface area contributed by atoms with Crippen LogP contribution in [0.5, 0.6) is 11.5 Å². The van der Waals surface area contributed by atoms with E-state index in [0.717, 1.165) is 16.7 Å². The molecule has 4 aromatic carbocycles. The Morgan fingerprint density at radius 3 is 2.24 bits per heavy atom. The van der Waals surface area contributed by atoms with Crippen molar-refractivity contribution in [2.24, 2.45) is 0 Å². The molecule has 1 unspecified atom stereocenters. The molecule has 1 saturated heterocycles. The lowest BCUT2D eigenvalue weighted by molar-refractivity contribution is -0.0948. The van der Waals surface area contributed by atoms with Crippen molar-refractivity contribution >= 4 is 22.9 Å². The van der Waals surface area contributed by atoms with Gasteiger partial charge in [-0.15, -0.1) is 0 Å². The maximum Gasteiger partial charge on any atom is 0.256 e. The summed E-state index contributed by atoms with van der Waals surface area (Å²) in [6, 6.07) is 34.6. The first-order valence-electron chi connectivity index (χ1n) is 15.1. The lowest BCUT2D eigenvalue weighted by Crippen LogP contribution is -2.39. The standard InChI is InChI=1S/C36H29N5O5/c42-27-19-31(41-22-39-32-33(37-21-38-34(32)41)40-35(43)23-11-3-1-4-12-23)46-30(27)20-44-36(24-13-5-2-6-14-24)25-15-7-9-17-28(25)45-29-18-10-8-16-26(29)36/h1-18,21-22,27,30-31,42H,19-20H2,(H,37,38,40,43)/t27-,30?,31+/m0/s1. The van der Waals surface area contributed by atoms with E-state index in [1.807, 2.05) is 84.9 Å². The molecule has 0 saturated carbocycles. The van der Waals surface area contributed by atoms with Crippen LogP contribution in [0.1, 0.15) is 39.7 Å². The Hall–Kier alpha value is -5.42. The summed E-state index contributed by atoms with van der Waals surface area (Å²) in [5, 5.41) is 14.1. The molecule has 0 radical (unpaired) electrons. The fraction of sp³-hybridized carbons (Fsp3) is 0.167. The van der Waals surface area contributed by atoms with E-state index >= 15 is 0 Å². The van der Waals surface area contributed by atoms with Crippen molar-refractivity contribution in [1.29, 1.82) is 0 Å². The van der Waals surface area contributed by atoms with Gasteiger partial charge >= 0.3 is 0 Å². The molecule has 0 spiro atoms. The summed E-state index contributed by atoms with van der Waals surface area (Å²) in [6.45, 7) is 0.0925. The maximum absolute atomic E-state index is 12.8. The number of para-hydroxylation sites is 2. The number of nitrogens with zero attached hydrogens (tertiary/aromatic N) is 4. The van der Waals surface area contributed by atoms with Gasteiger partial charge in [-0.05, 0) is 29.8 Å². The first kappa shape index (κ1) is 28.1. The van der Waals surface area contributed by atoms with Crippen LogP contribution in [0.3, 0.4) is 0 Å². The van der Waals surface area contributed by atoms with Crippen molar-refractivity contribution in [3.8, 4) is 11.5 Å². The first-order valence-corrected chi connectivity index (χ1v) is 15.1. The van der Waals surface area contributed by atoms with Crippen LogP contribution in [-0.4, -0.2) is 49.3 Å². The molecular weight excluding hydrogens is 582 g/mol. The zero-order valence-corrected chi connectivity index (χ0v) is 24.6. The summed E-state index contributed by atoms with van der Waals surface area (Å²) in [7, 11) is 0. The van der Waals surface area contributed by atoms with Crippen molar-refractivity contribution in [2.45, 2.75) is 30.5 Å². The van der Waals surface area contributed by atoms with Crippen molar-refractivity contribution in [1.82, 2.24) is 19.5 Å². The number of carbonyl (C=O) groups is 1. The third-order valence-corrected chi connectivity index (χ3v) is 8.54. The van der Waals surface area contributed by atoms with Crippen LogP contribution in [0.4, 0.5) is 5.82 Å². The third-order valence-electron chi connectivity index (χ3n) is 8.54. The van der Waals surface area contributed by atoms with Gasteiger partial charge in [0.1, 0.15) is 30.2 Å². The largest absolute Gasteiger partial charge is 0.457 e. The molecule has 6 aromatic rings. The second-order valence-electron chi connectivity index (χ2n) is 11.3. The van der Waals surface area contributed by atoms with E-state index < -0.39 is 24.0 Å². The topological polar surface area (TPSA) is 121 Å². The number of imidazole rings is 1. The van der Waals surface area contributed by atoms with Crippen LogP contribution in [0.2, 0.25) is 0 Å². The predicted molar refractivity (Wildman–Crippen MR) is 169 cm³/mol. The van der Waals surface area contributed by atoms with Gasteiger partial charge < -0.3 is 24.6 Å². The fourth-order valence-corrected chi connectivity index (χ4v) is 6.35. The van der Waals surface area contributed by atoms with E-state index in [9.17, 15) is 9.90 Å². The summed E-state index contributed by atoms with van der Waals surface area (Å²) in [5.74, 6) is 1.40. The smallest absolute Gasteiger partial charge is 0.256 e. The van der Waals surface area contributed by atoms with E-state index in [1.165, 1.54) is 6.33 Å². The van der Waals surface area contributed by atoms with Crippen LogP contribution in [0.15, 0.2) is 122 Å². The number of fused-ring (bicyclic) bond motifs is 3. The lowest BCUT2D eigenvalue weighted by atomic mass is 9.77. The summed E-state index contributed by atoms with van der Waals surface area (Å²) in [6.07, 6.45) is 1.22. The van der Waals surface area contributed by atoms with Crippen LogP contribution in [-0.2, 0) is 15.1 Å². The zero-order chi connectivity index (χ0) is 31.1. The minimum atomic E-state index is -1.01. The van der Waals surface area contributed by atoms with Crippen molar-refractivity contribution in [3.63, 3.8) is 0 Å². The van der Waals surface area contributed by atoms with Gasteiger partial charge in [-0.3, -0.25) is 9.36 Å². The lowest BCUT2D eigenvalue weighted by Gasteiger charge is -2.41. The zero-order valence-electron chi connectivity index (χ0n) is 24.6. The number of nitrogens with one attached hydrogen (secondary N) is 1. The van der Waals surface area contributed by atoms with Gasteiger partial charge in [-0.25, -0.2) is 15.0 Å². The van der Waals surface area contributed by atoms with Crippen LogP contribution >= 0.6 is 0 Å². The predicted octanol–water partition coefficient (Wildman–Crippen LogP) is 5.84. The van der Waals surface area contributed by atoms with Gasteiger partial charge in [0.2, 0.25) is 0 Å². The fourth-order valence-electron chi connectivity index (χ4n) is 6.35. The average molecular weight is 612 g/mol. The number of aliphatic hydroxyl groups excluding tert-OH is 1. The van der Waals surface area contributed by atoms with E-state index in [2.05, 4.69) is 20.3 Å². The Labute approximate surface area is 264 Å². The number of ether oxygens (including phenoxy) is 3. The Kier molecular flexibility index (Phi) is 7.02. The molecule has 46 heavy (non-hydrogen) atoms. The average Bonchev–Trinajstić information content (AvgIpc) is 3.71. The highest BCUT2D eigenvalue weighted by atomic mass is 16.6. The quantitative estimate of drug-likeness (QED) is 0.231. The molecule has 2 aliphatic heterocycles. The van der Waals surface area contributed by atoms with Gasteiger partial charge in [0, 0.05) is 23.1 Å². The molecule has 228 valence electrons. The Balaban J connectivity index is 1.08. The number of aromatic nitrogens is 4. The minimum absolute atomic E-state index is 0.0925. The second kappa shape index (κ2) is 11.5. The van der Waals surface area contributed by atoms with Crippen molar-refractivity contribution < 1.29 is 24.1 Å². The van der Waals surface area contributed by atoms with Gasteiger partial charge in [0.25, 0.3) is 5.91 Å². The third kappa shape index (κ3) is 4.71. The molecule has 1 amide bonds. The van der Waals surface area contributed by atoms with Crippen molar-refractivity contribution in [2.75, 3.05) is 11.9 Å². The van der Waals surface area contributed by atoms with E-state index in [-0.39, 0.29) is 18.3 Å². The number of hydrogen-bond acceptors (Lipinski definition) is 8. The first-order chi connectivity index (χ1) is 22.6. The number of carbonyl (C=O) groups excluding carboxylic acids is 1. The summed E-state index contributed by atoms with van der Waals surface area (Å²) in [5.41, 5.74) is 3.06. The van der Waals surface area contributed by atoms with E-state index in [0.29, 0.717) is 34.6 Å². The summed E-state index contributed by atoms with van der Waals surface area (Å²) < 4.78 is 21.5. The van der Waals surface area contributed by atoms with E-state index in [4.69, 9.17) is 14.2 Å². The molecule has 4 heterocycles. The summed E-state index contributed by atoms with van der Waals surface area (Å²) in [4.78, 5) is 26.0. The maximum atomic E-state index is 12.8. The number of aliphatic hydroxyl groups is 1. The molecule has 1 fully saturated rings. The minimum Gasteiger partial charge on any atom is -0.457 e. The Morgan fingerprint density at radius 2 is 1.52 bits per heavy atom. The van der Waals surface area contributed by atoms with E-state index in [1.54, 1.807) is 35.2 Å². The van der Waals surface area contributed by atoms with Crippen LogP contribution in [0, 0.1) is 0 Å². The number of amides is 1. The SMILES string of the molecule is O=C(Nc1ncnc2c1ncn2[C@H]1C[C@H](O)C(COC2(c3ccccc3)c3ccccc3Oc3ccccc32)O1)c1ccccc1. The van der Waals surface area contributed by atoms with Gasteiger partial charge in [0.15, 0.2) is 22.6 Å². The normalized spacial score (nSPS) is 19.6. The van der Waals surface area contributed by atoms with Gasteiger partial charge in [-0.2, -0.15) is 0 Å². The monoisotopic (exact) mass is 611 g/mol. The molecule has 0 bridgehead atoms. The number of rotatable bonds is 7. The van der Waals surface area contributed by atoms with Gasteiger partial charge in [0.05, 0.1) is 19.0 Å². The number of benzene rings is 4. The summed E-state index contributed by atoms with van der Waals surface area (Å²) >= 11 is 0. The molecule has 2 aliphatic rings. The molecule has 3 atom stereocenters. The molecule has 10 nitrogen and oxygen atoms in total. The Morgan fingerprint density at radius 1 is 0.870 bits per heavy atom. The van der Waals surface area contributed by atoms with Crippen LogP contribution in [0.25, 0.3) is 11.2 Å². The van der Waals surface area contributed by atoms with Crippen molar-refractivity contribution in [3.05, 3.63) is 144 Å². The number of anilines is 1. The highest BCUT2D eigenvalue weighted by Gasteiger charge is 2.47. The molecule has 0 aliphatic carbocycles. The second-order valence-corrected chi connectivity index (χ2v) is 11.3. The number of hydrogen-bond donors (Lipinski definition) is 2. The highest BCUT2D eigenvalue weighted by Crippen LogP contribution is 2.52. The van der Waals surface area contributed by atoms with Gasteiger partial charge in [-0.1, -0.05) is 84.9 Å². The Bertz CT molecular complexity index is 1990.